The van der Waals surface area contributed by atoms with Crippen molar-refractivity contribution in [2.45, 2.75) is 39.5 Å². The lowest BCUT2D eigenvalue weighted by Crippen LogP contribution is -2.46. The number of carbonyl (C=O) groups excluding carboxylic acids is 1. The van der Waals surface area contributed by atoms with E-state index in [0.717, 1.165) is 10.4 Å². The zero-order valence-corrected chi connectivity index (χ0v) is 15.3. The van der Waals surface area contributed by atoms with Gasteiger partial charge in [0.05, 0.1) is 18.7 Å². The fourth-order valence-electron chi connectivity index (χ4n) is 2.58. The molecule has 2 rings (SSSR count). The van der Waals surface area contributed by atoms with E-state index >= 15 is 0 Å². The van der Waals surface area contributed by atoms with Crippen LogP contribution in [0.25, 0.3) is 0 Å². The van der Waals surface area contributed by atoms with E-state index in [1.54, 1.807) is 11.3 Å². The van der Waals surface area contributed by atoms with E-state index in [1.165, 1.54) is 5.56 Å². The van der Waals surface area contributed by atoms with Gasteiger partial charge in [-0.1, -0.05) is 42.8 Å². The largest absolute Gasteiger partial charge is 0.387 e. The number of hydrogen-bond acceptors (Lipinski definition) is 4. The highest BCUT2D eigenvalue weighted by atomic mass is 32.1. The fourth-order valence-corrected chi connectivity index (χ4v) is 3.22. The van der Waals surface area contributed by atoms with Crippen molar-refractivity contribution in [1.29, 1.82) is 0 Å². The van der Waals surface area contributed by atoms with E-state index in [0.29, 0.717) is 19.6 Å². The summed E-state index contributed by atoms with van der Waals surface area (Å²) in [6.45, 7) is 7.61. The van der Waals surface area contributed by atoms with Crippen molar-refractivity contribution in [1.82, 2.24) is 10.2 Å². The van der Waals surface area contributed by atoms with Crippen LogP contribution in [0.15, 0.2) is 41.8 Å². The van der Waals surface area contributed by atoms with Gasteiger partial charge in [0, 0.05) is 11.4 Å². The van der Waals surface area contributed by atoms with Crippen molar-refractivity contribution in [2.75, 3.05) is 13.1 Å². The second-order valence-electron chi connectivity index (χ2n) is 5.99. The lowest BCUT2D eigenvalue weighted by Gasteiger charge is -2.29. The molecule has 0 aliphatic rings. The van der Waals surface area contributed by atoms with E-state index < -0.39 is 6.10 Å². The molecule has 2 unspecified atom stereocenters. The van der Waals surface area contributed by atoms with Crippen LogP contribution in [0.1, 0.15) is 36.0 Å². The number of hydrogen-bond donors (Lipinski definition) is 2. The Bertz CT molecular complexity index is 625. The van der Waals surface area contributed by atoms with Gasteiger partial charge in [-0.2, -0.15) is 0 Å². The molecule has 0 radical (unpaired) electrons. The summed E-state index contributed by atoms with van der Waals surface area (Å²) in [5, 5.41) is 15.4. The number of rotatable bonds is 8. The predicted octanol–water partition coefficient (Wildman–Crippen LogP) is 3.12. The van der Waals surface area contributed by atoms with Crippen LogP contribution in [0.2, 0.25) is 0 Å². The maximum absolute atomic E-state index is 12.4. The molecule has 2 N–H and O–H groups in total. The highest BCUT2D eigenvalue weighted by Gasteiger charge is 2.22. The fraction of sp³-hybridized carbons (Fsp3) is 0.421. The maximum atomic E-state index is 12.4. The van der Waals surface area contributed by atoms with Crippen LogP contribution in [0.5, 0.6) is 0 Å². The van der Waals surface area contributed by atoms with Crippen molar-refractivity contribution >= 4 is 17.2 Å². The molecule has 0 aliphatic carbocycles. The quantitative estimate of drug-likeness (QED) is 0.772. The highest BCUT2D eigenvalue weighted by Crippen LogP contribution is 2.16. The number of thiophene rings is 1. The summed E-state index contributed by atoms with van der Waals surface area (Å²) >= 11 is 1.63. The van der Waals surface area contributed by atoms with E-state index in [2.05, 4.69) is 5.32 Å². The van der Waals surface area contributed by atoms with Crippen molar-refractivity contribution in [3.8, 4) is 0 Å². The standard InChI is InChI=1S/C19H26N2O2S/c1-4-21(13-18(22)16-9-7-14(2)8-10-16)15(3)19(23)20-12-17-6-5-11-24-17/h5-11,15,18,22H,4,12-13H2,1-3H3,(H,20,23). The summed E-state index contributed by atoms with van der Waals surface area (Å²) in [7, 11) is 0. The van der Waals surface area contributed by atoms with Crippen molar-refractivity contribution in [2.24, 2.45) is 0 Å². The topological polar surface area (TPSA) is 52.6 Å². The van der Waals surface area contributed by atoms with Gasteiger partial charge < -0.3 is 10.4 Å². The van der Waals surface area contributed by atoms with E-state index in [9.17, 15) is 9.90 Å². The first kappa shape index (κ1) is 18.6. The third kappa shape index (κ3) is 5.16. The van der Waals surface area contributed by atoms with Crippen LogP contribution in [-0.2, 0) is 11.3 Å². The molecule has 5 heteroatoms. The minimum Gasteiger partial charge on any atom is -0.387 e. The number of nitrogens with one attached hydrogen (secondary N) is 1. The molecule has 0 aliphatic heterocycles. The average molecular weight is 346 g/mol. The Morgan fingerprint density at radius 3 is 2.58 bits per heavy atom. The van der Waals surface area contributed by atoms with E-state index in [4.69, 9.17) is 0 Å². The normalized spacial score (nSPS) is 13.7. The number of nitrogens with zero attached hydrogens (tertiary/aromatic N) is 1. The molecule has 0 bridgehead atoms. The summed E-state index contributed by atoms with van der Waals surface area (Å²) in [6, 6.07) is 11.6. The molecule has 0 saturated heterocycles. The van der Waals surface area contributed by atoms with Gasteiger partial charge >= 0.3 is 0 Å². The van der Waals surface area contributed by atoms with Crippen molar-refractivity contribution < 1.29 is 9.90 Å². The molecule has 1 amide bonds. The molecule has 130 valence electrons. The Labute approximate surface area is 148 Å². The number of aliphatic hydroxyl groups excluding tert-OH is 1. The molecule has 1 aromatic heterocycles. The first-order chi connectivity index (χ1) is 11.5. The Balaban J connectivity index is 1.91. The number of amides is 1. The second-order valence-corrected chi connectivity index (χ2v) is 7.02. The molecule has 1 heterocycles. The first-order valence-corrected chi connectivity index (χ1v) is 9.18. The molecule has 2 aromatic rings. The number of aliphatic hydroxyl groups is 1. The lowest BCUT2D eigenvalue weighted by molar-refractivity contribution is -0.126. The highest BCUT2D eigenvalue weighted by molar-refractivity contribution is 7.09. The Morgan fingerprint density at radius 1 is 1.29 bits per heavy atom. The van der Waals surface area contributed by atoms with Gasteiger partial charge in [-0.15, -0.1) is 11.3 Å². The number of likely N-dealkylation sites (N-methyl/N-ethyl adjacent to an activating group) is 1. The molecular formula is C19H26N2O2S. The lowest BCUT2D eigenvalue weighted by atomic mass is 10.1. The molecule has 4 nitrogen and oxygen atoms in total. The van der Waals surface area contributed by atoms with E-state index in [1.807, 2.05) is 67.4 Å². The Kier molecular flexibility index (Phi) is 6.97. The maximum Gasteiger partial charge on any atom is 0.237 e. The average Bonchev–Trinajstić information content (AvgIpc) is 3.10. The summed E-state index contributed by atoms with van der Waals surface area (Å²) in [6.07, 6.45) is -0.599. The van der Waals surface area contributed by atoms with Gasteiger partial charge in [0.25, 0.3) is 0 Å². The molecule has 0 fully saturated rings. The minimum absolute atomic E-state index is 0.0126. The van der Waals surface area contributed by atoms with Crippen LogP contribution in [-0.4, -0.2) is 35.0 Å². The third-order valence-corrected chi connectivity index (χ3v) is 5.10. The molecule has 0 saturated carbocycles. The van der Waals surface area contributed by atoms with Crippen LogP contribution < -0.4 is 5.32 Å². The molecule has 24 heavy (non-hydrogen) atoms. The molecule has 1 aromatic carbocycles. The van der Waals surface area contributed by atoms with Gasteiger partial charge in [-0.05, 0) is 37.4 Å². The second kappa shape index (κ2) is 8.97. The van der Waals surface area contributed by atoms with Crippen molar-refractivity contribution in [3.05, 3.63) is 57.8 Å². The minimum atomic E-state index is -0.599. The van der Waals surface area contributed by atoms with Crippen LogP contribution >= 0.6 is 11.3 Å². The number of benzene rings is 1. The summed E-state index contributed by atoms with van der Waals surface area (Å²) in [4.78, 5) is 15.5. The van der Waals surface area contributed by atoms with Gasteiger partial charge in [0.15, 0.2) is 0 Å². The number of carbonyl (C=O) groups is 1. The van der Waals surface area contributed by atoms with Crippen LogP contribution in [0.4, 0.5) is 0 Å². The van der Waals surface area contributed by atoms with Crippen LogP contribution in [0, 0.1) is 6.92 Å². The predicted molar refractivity (Wildman–Crippen MR) is 99.0 cm³/mol. The zero-order chi connectivity index (χ0) is 17.5. The summed E-state index contributed by atoms with van der Waals surface area (Å²) < 4.78 is 0. The zero-order valence-electron chi connectivity index (χ0n) is 14.5. The van der Waals surface area contributed by atoms with Crippen LogP contribution in [0.3, 0.4) is 0 Å². The third-order valence-electron chi connectivity index (χ3n) is 4.22. The van der Waals surface area contributed by atoms with Gasteiger partial charge in [0.2, 0.25) is 5.91 Å². The summed E-state index contributed by atoms with van der Waals surface area (Å²) in [5.41, 5.74) is 2.05. The van der Waals surface area contributed by atoms with Crippen molar-refractivity contribution in [3.63, 3.8) is 0 Å². The molecule has 2 atom stereocenters. The Hall–Kier alpha value is -1.69. The SMILES string of the molecule is CCN(CC(O)c1ccc(C)cc1)C(C)C(=O)NCc1cccs1. The van der Waals surface area contributed by atoms with Gasteiger partial charge in [-0.25, -0.2) is 0 Å². The van der Waals surface area contributed by atoms with Gasteiger partial charge in [0.1, 0.15) is 0 Å². The monoisotopic (exact) mass is 346 g/mol. The number of aryl methyl sites for hydroxylation is 1. The summed E-state index contributed by atoms with van der Waals surface area (Å²) in [5.74, 6) is -0.0126. The molecular weight excluding hydrogens is 320 g/mol. The smallest absolute Gasteiger partial charge is 0.237 e. The molecule has 0 spiro atoms. The Morgan fingerprint density at radius 2 is 2.00 bits per heavy atom. The van der Waals surface area contributed by atoms with Gasteiger partial charge in [-0.3, -0.25) is 9.69 Å². The first-order valence-electron chi connectivity index (χ1n) is 8.30. The van der Waals surface area contributed by atoms with E-state index in [-0.39, 0.29) is 11.9 Å².